The fraction of sp³-hybridized carbons (Fsp3) is 0.200. The molecule has 6 heteroatoms. The van der Waals surface area contributed by atoms with Gasteiger partial charge in [-0.2, -0.15) is 0 Å². The van der Waals surface area contributed by atoms with Crippen LogP contribution < -0.4 is 5.32 Å². The molecule has 0 aromatic heterocycles. The quantitative estimate of drug-likeness (QED) is 0.883. The number of carbonyl (C=O) groups is 2. The molecule has 1 aromatic rings. The fourth-order valence-corrected chi connectivity index (χ4v) is 2.31. The highest BCUT2D eigenvalue weighted by Crippen LogP contribution is 2.27. The zero-order valence-corrected chi connectivity index (χ0v) is 10.0. The Kier molecular flexibility index (Phi) is 3.07. The van der Waals surface area contributed by atoms with E-state index in [2.05, 4.69) is 5.32 Å². The van der Waals surface area contributed by atoms with Gasteiger partial charge in [0.25, 0.3) is 11.1 Å². The summed E-state index contributed by atoms with van der Waals surface area (Å²) in [6.07, 6.45) is 0. The van der Waals surface area contributed by atoms with Crippen molar-refractivity contribution in [3.63, 3.8) is 0 Å². The fourth-order valence-electron chi connectivity index (χ4n) is 1.28. The molecule has 1 aliphatic heterocycles. The summed E-state index contributed by atoms with van der Waals surface area (Å²) in [5, 5.41) is 2.82. The second kappa shape index (κ2) is 4.35. The second-order valence-electron chi connectivity index (χ2n) is 3.31. The second-order valence-corrected chi connectivity index (χ2v) is 4.81. The van der Waals surface area contributed by atoms with Crippen molar-refractivity contribution >= 4 is 40.2 Å². The molecule has 1 aliphatic rings. The number of anilines is 1. The summed E-state index contributed by atoms with van der Waals surface area (Å²) in [6, 6.07) is 6.97. The third-order valence-electron chi connectivity index (χ3n) is 2.19. The molecule has 2 rings (SSSR count). The van der Waals surface area contributed by atoms with Gasteiger partial charge < -0.3 is 5.32 Å². The minimum absolute atomic E-state index is 0.232. The van der Waals surface area contributed by atoms with E-state index in [1.807, 2.05) is 0 Å². The van der Waals surface area contributed by atoms with Crippen LogP contribution in [0.5, 0.6) is 0 Å². The number of likely N-dealkylation sites (N-methyl/N-ethyl adjacent to an activating group) is 1. The van der Waals surface area contributed by atoms with Crippen molar-refractivity contribution in [2.75, 3.05) is 12.4 Å². The average molecular weight is 257 g/mol. The van der Waals surface area contributed by atoms with E-state index in [1.165, 1.54) is 7.05 Å². The molecule has 1 saturated heterocycles. The van der Waals surface area contributed by atoms with Gasteiger partial charge in [0.15, 0.2) is 5.37 Å². The van der Waals surface area contributed by atoms with Crippen LogP contribution in [0.2, 0.25) is 5.02 Å². The van der Waals surface area contributed by atoms with Crippen LogP contribution in [0.1, 0.15) is 0 Å². The Bertz CT molecular complexity index is 435. The van der Waals surface area contributed by atoms with Gasteiger partial charge in [0, 0.05) is 17.8 Å². The number of nitrogens with one attached hydrogen (secondary N) is 1. The normalized spacial score (nSPS) is 20.4. The summed E-state index contributed by atoms with van der Waals surface area (Å²) < 4.78 is 0. The molecule has 1 heterocycles. The molecule has 1 aromatic carbocycles. The highest BCUT2D eigenvalue weighted by atomic mass is 35.5. The van der Waals surface area contributed by atoms with Crippen LogP contribution >= 0.6 is 23.4 Å². The van der Waals surface area contributed by atoms with E-state index in [0.717, 1.165) is 22.3 Å². The predicted molar refractivity (Wildman–Crippen MR) is 64.6 cm³/mol. The molecular formula is C10H9ClN2O2S. The van der Waals surface area contributed by atoms with Gasteiger partial charge in [-0.3, -0.25) is 14.5 Å². The van der Waals surface area contributed by atoms with E-state index in [-0.39, 0.29) is 11.1 Å². The standard InChI is InChI=1S/C10H9ClN2O2S/c1-13-9(14)8(16-10(13)15)12-7-4-2-6(11)3-5-7/h2-5,8,12H,1H3. The molecule has 84 valence electrons. The maximum atomic E-state index is 11.6. The molecule has 1 unspecified atom stereocenters. The van der Waals surface area contributed by atoms with Crippen molar-refractivity contribution in [2.45, 2.75) is 5.37 Å². The van der Waals surface area contributed by atoms with Gasteiger partial charge in [-0.25, -0.2) is 0 Å². The number of hydrogen-bond acceptors (Lipinski definition) is 4. The molecular weight excluding hydrogens is 248 g/mol. The molecule has 0 spiro atoms. The summed E-state index contributed by atoms with van der Waals surface area (Å²) in [5.74, 6) is -0.232. The van der Waals surface area contributed by atoms with Crippen LogP contribution in [0.4, 0.5) is 10.5 Å². The lowest BCUT2D eigenvalue weighted by atomic mass is 10.3. The molecule has 1 atom stereocenters. The molecule has 0 radical (unpaired) electrons. The average Bonchev–Trinajstić information content (AvgIpc) is 2.50. The zero-order valence-electron chi connectivity index (χ0n) is 8.44. The minimum Gasteiger partial charge on any atom is -0.365 e. The molecule has 4 nitrogen and oxygen atoms in total. The topological polar surface area (TPSA) is 49.4 Å². The zero-order chi connectivity index (χ0) is 11.7. The summed E-state index contributed by atoms with van der Waals surface area (Å²) in [7, 11) is 1.47. The Morgan fingerprint density at radius 3 is 2.44 bits per heavy atom. The van der Waals surface area contributed by atoms with Crippen molar-refractivity contribution < 1.29 is 9.59 Å². The molecule has 16 heavy (non-hydrogen) atoms. The largest absolute Gasteiger partial charge is 0.365 e. The Labute approximate surface area is 102 Å². The minimum atomic E-state index is -0.543. The first-order valence-corrected chi connectivity index (χ1v) is 5.84. The number of hydrogen-bond donors (Lipinski definition) is 1. The Balaban J connectivity index is 2.09. The lowest BCUT2D eigenvalue weighted by Crippen LogP contribution is -2.31. The maximum Gasteiger partial charge on any atom is 0.290 e. The molecule has 1 N–H and O–H groups in total. The number of carbonyl (C=O) groups excluding carboxylic acids is 2. The number of benzene rings is 1. The molecule has 0 bridgehead atoms. The number of nitrogens with zero attached hydrogens (tertiary/aromatic N) is 1. The van der Waals surface area contributed by atoms with Crippen LogP contribution in [0.3, 0.4) is 0 Å². The molecule has 0 aliphatic carbocycles. The summed E-state index contributed by atoms with van der Waals surface area (Å²) in [5.41, 5.74) is 0.762. The number of rotatable bonds is 2. The van der Waals surface area contributed by atoms with Crippen molar-refractivity contribution in [1.29, 1.82) is 0 Å². The lowest BCUT2D eigenvalue weighted by Gasteiger charge is -2.10. The van der Waals surface area contributed by atoms with Gasteiger partial charge in [-0.15, -0.1) is 0 Å². The van der Waals surface area contributed by atoms with E-state index in [9.17, 15) is 9.59 Å². The van der Waals surface area contributed by atoms with Gasteiger partial charge in [-0.1, -0.05) is 11.6 Å². The van der Waals surface area contributed by atoms with Gasteiger partial charge in [-0.05, 0) is 36.0 Å². The predicted octanol–water partition coefficient (Wildman–Crippen LogP) is 2.40. The van der Waals surface area contributed by atoms with Crippen LogP contribution in [0.25, 0.3) is 0 Å². The third-order valence-corrected chi connectivity index (χ3v) is 3.47. The summed E-state index contributed by atoms with van der Waals surface area (Å²) >= 11 is 6.72. The van der Waals surface area contributed by atoms with Gasteiger partial charge >= 0.3 is 0 Å². The van der Waals surface area contributed by atoms with Crippen LogP contribution in [-0.2, 0) is 4.79 Å². The lowest BCUT2D eigenvalue weighted by molar-refractivity contribution is -0.125. The number of thioether (sulfide) groups is 1. The highest BCUT2D eigenvalue weighted by molar-refractivity contribution is 8.15. The van der Waals surface area contributed by atoms with Gasteiger partial charge in [0.05, 0.1) is 0 Å². The SMILES string of the molecule is CN1C(=O)SC(Nc2ccc(Cl)cc2)C1=O. The molecule has 1 fully saturated rings. The molecule has 2 amide bonds. The first-order chi connectivity index (χ1) is 7.58. The van der Waals surface area contributed by atoms with Crippen LogP contribution in [-0.4, -0.2) is 28.5 Å². The third kappa shape index (κ3) is 2.15. The van der Waals surface area contributed by atoms with E-state index >= 15 is 0 Å². The Morgan fingerprint density at radius 2 is 1.94 bits per heavy atom. The maximum absolute atomic E-state index is 11.6. The first kappa shape index (κ1) is 11.3. The Morgan fingerprint density at radius 1 is 1.31 bits per heavy atom. The molecule has 0 saturated carbocycles. The number of amides is 2. The van der Waals surface area contributed by atoms with E-state index in [4.69, 9.17) is 11.6 Å². The summed E-state index contributed by atoms with van der Waals surface area (Å²) in [4.78, 5) is 23.9. The monoisotopic (exact) mass is 256 g/mol. The number of imide groups is 1. The highest BCUT2D eigenvalue weighted by Gasteiger charge is 2.36. The van der Waals surface area contributed by atoms with Crippen molar-refractivity contribution in [3.8, 4) is 0 Å². The van der Waals surface area contributed by atoms with Gasteiger partial charge in [0.1, 0.15) is 0 Å². The van der Waals surface area contributed by atoms with Gasteiger partial charge in [0.2, 0.25) is 0 Å². The van der Waals surface area contributed by atoms with Crippen molar-refractivity contribution in [1.82, 2.24) is 4.90 Å². The van der Waals surface area contributed by atoms with Crippen LogP contribution in [0, 0.1) is 0 Å². The van der Waals surface area contributed by atoms with Crippen molar-refractivity contribution in [2.24, 2.45) is 0 Å². The first-order valence-electron chi connectivity index (χ1n) is 4.58. The van der Waals surface area contributed by atoms with Crippen LogP contribution in [0.15, 0.2) is 24.3 Å². The smallest absolute Gasteiger partial charge is 0.290 e. The van der Waals surface area contributed by atoms with E-state index in [0.29, 0.717) is 5.02 Å². The van der Waals surface area contributed by atoms with E-state index in [1.54, 1.807) is 24.3 Å². The van der Waals surface area contributed by atoms with Crippen molar-refractivity contribution in [3.05, 3.63) is 29.3 Å². The van der Waals surface area contributed by atoms with E-state index < -0.39 is 5.37 Å². The number of halogens is 1. The summed E-state index contributed by atoms with van der Waals surface area (Å²) in [6.45, 7) is 0. The Hall–Kier alpha value is -1.20.